The van der Waals surface area contributed by atoms with E-state index in [4.69, 9.17) is 9.47 Å². The second-order valence-corrected chi connectivity index (χ2v) is 8.01. The van der Waals surface area contributed by atoms with E-state index in [2.05, 4.69) is 15.2 Å². The van der Waals surface area contributed by atoms with E-state index in [1.165, 1.54) is 37.2 Å². The van der Waals surface area contributed by atoms with Gasteiger partial charge in [-0.1, -0.05) is 0 Å². The van der Waals surface area contributed by atoms with Crippen molar-refractivity contribution < 1.29 is 18.7 Å². The minimum absolute atomic E-state index is 0.186. The van der Waals surface area contributed by atoms with Gasteiger partial charge in [0.25, 0.3) is 5.56 Å². The zero-order valence-electron chi connectivity index (χ0n) is 18.8. The first kappa shape index (κ1) is 22.6. The number of nitrogens with one attached hydrogen (secondary N) is 1. The van der Waals surface area contributed by atoms with E-state index in [1.54, 1.807) is 18.2 Å². The van der Waals surface area contributed by atoms with E-state index < -0.39 is 0 Å². The number of carbonyl (C=O) groups is 1. The Morgan fingerprint density at radius 1 is 1.09 bits per heavy atom. The number of methoxy groups -OCH3 is 2. The number of anilines is 2. The predicted octanol–water partition coefficient (Wildman–Crippen LogP) is 3.57. The Kier molecular flexibility index (Phi) is 6.76. The highest BCUT2D eigenvalue weighted by Crippen LogP contribution is 2.30. The van der Waals surface area contributed by atoms with Crippen molar-refractivity contribution in [2.75, 3.05) is 37.5 Å². The molecule has 1 N–H and O–H groups in total. The Balaban J connectivity index is 1.39. The van der Waals surface area contributed by atoms with Crippen molar-refractivity contribution in [3.8, 4) is 11.5 Å². The topological polar surface area (TPSA) is 85.7 Å². The summed E-state index contributed by atoms with van der Waals surface area (Å²) in [6, 6.07) is 7.87. The highest BCUT2D eigenvalue weighted by atomic mass is 19.1. The van der Waals surface area contributed by atoms with Crippen LogP contribution in [0.1, 0.15) is 25.7 Å². The average molecular weight is 455 g/mol. The molecule has 2 aromatic carbocycles. The molecule has 174 valence electrons. The number of carbonyl (C=O) groups excluding carboxylic acids is 1. The molecular weight excluding hydrogens is 427 g/mol. The van der Waals surface area contributed by atoms with E-state index >= 15 is 0 Å². The van der Waals surface area contributed by atoms with Crippen molar-refractivity contribution in [2.24, 2.45) is 0 Å². The summed E-state index contributed by atoms with van der Waals surface area (Å²) in [5, 5.41) is 3.18. The smallest absolute Gasteiger partial charge is 0.261 e. The third-order valence-corrected chi connectivity index (χ3v) is 5.77. The van der Waals surface area contributed by atoms with Gasteiger partial charge in [-0.2, -0.15) is 0 Å². The van der Waals surface area contributed by atoms with Crippen molar-refractivity contribution in [1.82, 2.24) is 9.55 Å². The van der Waals surface area contributed by atoms with E-state index in [-0.39, 0.29) is 23.7 Å². The van der Waals surface area contributed by atoms with Gasteiger partial charge in [-0.05, 0) is 43.5 Å². The van der Waals surface area contributed by atoms with Crippen LogP contribution in [0, 0.1) is 5.82 Å². The number of aryl methyl sites for hydroxylation is 1. The number of ether oxygens (including phenoxy) is 2. The Labute approximate surface area is 190 Å². The Morgan fingerprint density at radius 2 is 1.82 bits per heavy atom. The number of benzene rings is 2. The molecule has 0 bridgehead atoms. The average Bonchev–Trinajstić information content (AvgIpc) is 3.34. The van der Waals surface area contributed by atoms with Crippen molar-refractivity contribution in [1.29, 1.82) is 0 Å². The fraction of sp³-hybridized carbons (Fsp3) is 0.375. The summed E-state index contributed by atoms with van der Waals surface area (Å²) in [6.07, 6.45) is 4.25. The predicted molar refractivity (Wildman–Crippen MR) is 125 cm³/mol. The molecule has 1 fully saturated rings. The van der Waals surface area contributed by atoms with Crippen LogP contribution in [0.4, 0.5) is 15.8 Å². The van der Waals surface area contributed by atoms with E-state index in [0.717, 1.165) is 31.6 Å². The van der Waals surface area contributed by atoms with Crippen molar-refractivity contribution in [2.45, 2.75) is 32.2 Å². The SMILES string of the molecule is COc1cc2ncn(CCCC(=O)Nc3cc(F)cc(N4CCCC4)c3)c(=O)c2cc1OC. The number of nitrogens with zero attached hydrogens (tertiary/aromatic N) is 3. The maximum atomic E-state index is 14.0. The Bertz CT molecular complexity index is 1220. The minimum atomic E-state index is -0.379. The monoisotopic (exact) mass is 454 g/mol. The van der Waals surface area contributed by atoms with Crippen LogP contribution in [0.2, 0.25) is 0 Å². The number of hydrogen-bond donors (Lipinski definition) is 1. The van der Waals surface area contributed by atoms with Crippen molar-refractivity contribution in [3.05, 3.63) is 52.8 Å². The first-order valence-corrected chi connectivity index (χ1v) is 10.9. The zero-order chi connectivity index (χ0) is 23.4. The molecular formula is C24H27FN4O4. The van der Waals surface area contributed by atoms with Gasteiger partial charge < -0.3 is 19.7 Å². The lowest BCUT2D eigenvalue weighted by Gasteiger charge is -2.18. The number of amides is 1. The van der Waals surface area contributed by atoms with Gasteiger partial charge in [-0.25, -0.2) is 9.37 Å². The molecule has 0 radical (unpaired) electrons. The number of hydrogen-bond acceptors (Lipinski definition) is 6. The molecule has 0 saturated carbocycles. The Morgan fingerprint density at radius 3 is 2.55 bits per heavy atom. The second kappa shape index (κ2) is 9.89. The molecule has 3 aromatic rings. The number of rotatable bonds is 8. The maximum Gasteiger partial charge on any atom is 0.261 e. The van der Waals surface area contributed by atoms with Crippen LogP contribution in [0.15, 0.2) is 41.5 Å². The molecule has 0 unspecified atom stereocenters. The molecule has 1 aliphatic rings. The van der Waals surface area contributed by atoms with Crippen LogP contribution in [0.25, 0.3) is 10.9 Å². The fourth-order valence-electron chi connectivity index (χ4n) is 4.08. The van der Waals surface area contributed by atoms with Gasteiger partial charge in [0.05, 0.1) is 31.4 Å². The molecule has 33 heavy (non-hydrogen) atoms. The van der Waals surface area contributed by atoms with Gasteiger partial charge in [-0.15, -0.1) is 0 Å². The quantitative estimate of drug-likeness (QED) is 0.560. The maximum absolute atomic E-state index is 14.0. The number of fused-ring (bicyclic) bond motifs is 1. The molecule has 1 amide bonds. The standard InChI is InChI=1S/C24H27FN4O4/c1-32-21-13-19-20(14-22(21)33-2)26-15-29(24(19)31)9-5-6-23(30)27-17-10-16(25)11-18(12-17)28-7-3-4-8-28/h10-15H,3-9H2,1-2H3,(H,27,30). The van der Waals surface area contributed by atoms with Crippen LogP contribution in [-0.2, 0) is 11.3 Å². The Hall–Kier alpha value is -3.62. The lowest BCUT2D eigenvalue weighted by atomic mass is 10.2. The van der Waals surface area contributed by atoms with Crippen LogP contribution in [0.3, 0.4) is 0 Å². The highest BCUT2D eigenvalue weighted by Gasteiger charge is 2.15. The summed E-state index contributed by atoms with van der Waals surface area (Å²) in [7, 11) is 3.02. The van der Waals surface area contributed by atoms with E-state index in [0.29, 0.717) is 41.1 Å². The van der Waals surface area contributed by atoms with E-state index in [1.807, 2.05) is 0 Å². The molecule has 0 spiro atoms. The van der Waals surface area contributed by atoms with Crippen LogP contribution in [-0.4, -0.2) is 42.8 Å². The molecule has 1 saturated heterocycles. The van der Waals surface area contributed by atoms with Gasteiger partial charge in [0.1, 0.15) is 5.82 Å². The van der Waals surface area contributed by atoms with Gasteiger partial charge in [0.2, 0.25) is 5.91 Å². The lowest BCUT2D eigenvalue weighted by Crippen LogP contribution is -2.22. The molecule has 1 aliphatic heterocycles. The molecule has 0 aliphatic carbocycles. The molecule has 2 heterocycles. The third-order valence-electron chi connectivity index (χ3n) is 5.77. The van der Waals surface area contributed by atoms with Gasteiger partial charge in [-0.3, -0.25) is 14.2 Å². The summed E-state index contributed by atoms with van der Waals surface area (Å²) in [5.41, 5.74) is 1.50. The molecule has 4 rings (SSSR count). The minimum Gasteiger partial charge on any atom is -0.493 e. The summed E-state index contributed by atoms with van der Waals surface area (Å²) in [6.45, 7) is 2.11. The number of aromatic nitrogens is 2. The lowest BCUT2D eigenvalue weighted by molar-refractivity contribution is -0.116. The summed E-state index contributed by atoms with van der Waals surface area (Å²) >= 11 is 0. The summed E-state index contributed by atoms with van der Waals surface area (Å²) < 4.78 is 26.0. The molecule has 1 aromatic heterocycles. The molecule has 0 atom stereocenters. The highest BCUT2D eigenvalue weighted by molar-refractivity contribution is 5.91. The molecule has 9 heteroatoms. The van der Waals surface area contributed by atoms with Gasteiger partial charge in [0.15, 0.2) is 11.5 Å². The fourth-order valence-corrected chi connectivity index (χ4v) is 4.08. The van der Waals surface area contributed by atoms with E-state index in [9.17, 15) is 14.0 Å². The summed E-state index contributed by atoms with van der Waals surface area (Å²) in [4.78, 5) is 31.7. The third kappa shape index (κ3) is 5.08. The summed E-state index contributed by atoms with van der Waals surface area (Å²) in [5.74, 6) is 0.331. The van der Waals surface area contributed by atoms with Crippen molar-refractivity contribution in [3.63, 3.8) is 0 Å². The van der Waals surface area contributed by atoms with Crippen LogP contribution < -0.4 is 25.2 Å². The first-order valence-electron chi connectivity index (χ1n) is 10.9. The zero-order valence-corrected chi connectivity index (χ0v) is 18.8. The number of halogens is 1. The first-order chi connectivity index (χ1) is 16.0. The van der Waals surface area contributed by atoms with Gasteiger partial charge in [0, 0.05) is 43.5 Å². The van der Waals surface area contributed by atoms with Gasteiger partial charge >= 0.3 is 0 Å². The van der Waals surface area contributed by atoms with Crippen molar-refractivity contribution >= 4 is 28.2 Å². The normalized spacial score (nSPS) is 13.4. The second-order valence-electron chi connectivity index (χ2n) is 8.01. The largest absolute Gasteiger partial charge is 0.493 e. The van der Waals surface area contributed by atoms with Crippen LogP contribution >= 0.6 is 0 Å². The van der Waals surface area contributed by atoms with Crippen LogP contribution in [0.5, 0.6) is 11.5 Å². The molecule has 8 nitrogen and oxygen atoms in total.